The van der Waals surface area contributed by atoms with E-state index in [-0.39, 0.29) is 31.1 Å². The zero-order valence-electron chi connectivity index (χ0n) is 44.1. The van der Waals surface area contributed by atoms with Crippen LogP contribution in [-0.4, -0.2) is 37.2 Å². The van der Waals surface area contributed by atoms with E-state index < -0.39 is 6.10 Å². The molecule has 6 heteroatoms. The molecule has 380 valence electrons. The zero-order chi connectivity index (χ0) is 47.0. The maximum atomic E-state index is 12.8. The summed E-state index contributed by atoms with van der Waals surface area (Å²) >= 11 is 0. The van der Waals surface area contributed by atoms with Gasteiger partial charge in [0.05, 0.1) is 0 Å². The monoisotopic (exact) mass is 905 g/mol. The molecule has 0 unspecified atom stereocenters. The maximum absolute atomic E-state index is 12.8. The van der Waals surface area contributed by atoms with Crippen molar-refractivity contribution in [3.05, 3.63) is 0 Å². The minimum atomic E-state index is -0.763. The van der Waals surface area contributed by atoms with E-state index >= 15 is 0 Å². The van der Waals surface area contributed by atoms with Crippen LogP contribution in [0.4, 0.5) is 0 Å². The molecule has 0 fully saturated rings. The fourth-order valence-corrected chi connectivity index (χ4v) is 8.82. The van der Waals surface area contributed by atoms with Gasteiger partial charge in [0.1, 0.15) is 13.2 Å². The number of unbranched alkanes of at least 4 members (excludes halogenated alkanes) is 34. The summed E-state index contributed by atoms with van der Waals surface area (Å²) in [5.41, 5.74) is 0. The van der Waals surface area contributed by atoms with E-state index in [4.69, 9.17) is 14.2 Å². The molecule has 0 aliphatic rings. The Labute approximate surface area is 399 Å². The Morgan fingerprint density at radius 1 is 0.266 bits per heavy atom. The van der Waals surface area contributed by atoms with Gasteiger partial charge in [0.2, 0.25) is 0 Å². The molecule has 0 rings (SSSR count). The van der Waals surface area contributed by atoms with E-state index in [1.54, 1.807) is 0 Å². The number of hydrogen-bond acceptors (Lipinski definition) is 6. The molecule has 0 saturated carbocycles. The summed E-state index contributed by atoms with van der Waals surface area (Å²) in [6.45, 7) is 13.7. The van der Waals surface area contributed by atoms with Gasteiger partial charge in [-0.15, -0.1) is 0 Å². The second kappa shape index (κ2) is 49.3. The fraction of sp³-hybridized carbons (Fsp3) is 0.948. The van der Waals surface area contributed by atoms with Gasteiger partial charge in [-0.3, -0.25) is 14.4 Å². The van der Waals surface area contributed by atoms with E-state index in [1.165, 1.54) is 199 Å². The van der Waals surface area contributed by atoms with E-state index in [1.807, 2.05) is 0 Å². The highest BCUT2D eigenvalue weighted by atomic mass is 16.6. The smallest absolute Gasteiger partial charge is 0.306 e. The van der Waals surface area contributed by atoms with Gasteiger partial charge in [0.25, 0.3) is 0 Å². The van der Waals surface area contributed by atoms with Crippen molar-refractivity contribution in [2.24, 2.45) is 17.8 Å². The van der Waals surface area contributed by atoms with Crippen molar-refractivity contribution in [1.82, 2.24) is 0 Å². The molecule has 0 heterocycles. The van der Waals surface area contributed by atoms with Gasteiger partial charge < -0.3 is 14.2 Å². The highest BCUT2D eigenvalue weighted by Crippen LogP contribution is 2.18. The summed E-state index contributed by atoms with van der Waals surface area (Å²) in [7, 11) is 0. The Balaban J connectivity index is 4.19. The predicted molar refractivity (Wildman–Crippen MR) is 275 cm³/mol. The van der Waals surface area contributed by atoms with Crippen LogP contribution in [-0.2, 0) is 28.6 Å². The van der Waals surface area contributed by atoms with Crippen LogP contribution in [0.1, 0.15) is 318 Å². The molecule has 0 spiro atoms. The van der Waals surface area contributed by atoms with Crippen LogP contribution in [0.5, 0.6) is 0 Å². The summed E-state index contributed by atoms with van der Waals surface area (Å²) in [4.78, 5) is 38.0. The molecule has 0 aromatic heterocycles. The van der Waals surface area contributed by atoms with Crippen LogP contribution in [0.3, 0.4) is 0 Å². The molecule has 0 N–H and O–H groups in total. The van der Waals surface area contributed by atoms with Crippen molar-refractivity contribution < 1.29 is 28.6 Å². The van der Waals surface area contributed by atoms with E-state index in [9.17, 15) is 14.4 Å². The first-order chi connectivity index (χ1) is 31.1. The minimum Gasteiger partial charge on any atom is -0.462 e. The zero-order valence-corrected chi connectivity index (χ0v) is 44.1. The minimum absolute atomic E-state index is 0.0644. The summed E-state index contributed by atoms with van der Waals surface area (Å²) < 4.78 is 16.8. The van der Waals surface area contributed by atoms with E-state index in [0.717, 1.165) is 75.5 Å². The summed E-state index contributed by atoms with van der Waals surface area (Å²) in [6.07, 6.45) is 51.1. The largest absolute Gasteiger partial charge is 0.462 e. The molecule has 0 radical (unpaired) electrons. The van der Waals surface area contributed by atoms with Gasteiger partial charge in [0.15, 0.2) is 6.10 Å². The number of esters is 3. The number of ether oxygens (including phenoxy) is 3. The normalized spacial score (nSPS) is 12.1. The molecular weight excluding hydrogens is 793 g/mol. The molecule has 0 aromatic rings. The topological polar surface area (TPSA) is 78.9 Å². The SMILES string of the molecule is CC(C)CCCCCCCCCCCCCCCCCCCCC(=O)OC[C@H](COC(=O)CCCCCCCCCCCCCCC(C)C)OC(=O)CCCCCCCCCC(C)C. The predicted octanol–water partition coefficient (Wildman–Crippen LogP) is 18.7. The average molecular weight is 906 g/mol. The highest BCUT2D eigenvalue weighted by Gasteiger charge is 2.19. The number of hydrogen-bond donors (Lipinski definition) is 0. The number of carbonyl (C=O) groups excluding carboxylic acids is 3. The molecule has 6 nitrogen and oxygen atoms in total. The summed E-state index contributed by atoms with van der Waals surface area (Å²) in [6, 6.07) is 0. The van der Waals surface area contributed by atoms with Crippen LogP contribution < -0.4 is 0 Å². The molecule has 0 bridgehead atoms. The van der Waals surface area contributed by atoms with Crippen LogP contribution in [0.2, 0.25) is 0 Å². The first kappa shape index (κ1) is 62.4. The Hall–Kier alpha value is -1.59. The van der Waals surface area contributed by atoms with Gasteiger partial charge in [-0.2, -0.15) is 0 Å². The number of carbonyl (C=O) groups is 3. The van der Waals surface area contributed by atoms with E-state index in [2.05, 4.69) is 41.5 Å². The summed E-state index contributed by atoms with van der Waals surface area (Å²) in [5, 5.41) is 0. The lowest BCUT2D eigenvalue weighted by Gasteiger charge is -2.18. The summed E-state index contributed by atoms with van der Waals surface area (Å²) in [5.74, 6) is 1.62. The molecule has 64 heavy (non-hydrogen) atoms. The first-order valence-corrected chi connectivity index (χ1v) is 28.6. The Morgan fingerprint density at radius 3 is 0.672 bits per heavy atom. The molecule has 1 atom stereocenters. The average Bonchev–Trinajstić information content (AvgIpc) is 3.25. The van der Waals surface area contributed by atoms with Gasteiger partial charge in [-0.05, 0) is 37.0 Å². The van der Waals surface area contributed by atoms with E-state index in [0.29, 0.717) is 19.3 Å². The second-order valence-corrected chi connectivity index (χ2v) is 21.4. The molecule has 0 aliphatic heterocycles. The third-order valence-electron chi connectivity index (χ3n) is 13.1. The maximum Gasteiger partial charge on any atom is 0.306 e. The Bertz CT molecular complexity index is 991. The Morgan fingerprint density at radius 2 is 0.453 bits per heavy atom. The van der Waals surface area contributed by atoms with Gasteiger partial charge in [-0.25, -0.2) is 0 Å². The third kappa shape index (κ3) is 51.4. The van der Waals surface area contributed by atoms with Crippen molar-refractivity contribution in [2.45, 2.75) is 324 Å². The van der Waals surface area contributed by atoms with Crippen LogP contribution in [0.25, 0.3) is 0 Å². The lowest BCUT2D eigenvalue weighted by Crippen LogP contribution is -2.30. The Kier molecular flexibility index (Phi) is 48.1. The quantitative estimate of drug-likeness (QED) is 0.0344. The highest BCUT2D eigenvalue weighted by molar-refractivity contribution is 5.71. The fourth-order valence-electron chi connectivity index (χ4n) is 8.82. The van der Waals surface area contributed by atoms with Crippen LogP contribution in [0, 0.1) is 17.8 Å². The molecule has 0 amide bonds. The number of rotatable bonds is 51. The van der Waals surface area contributed by atoms with Gasteiger partial charge >= 0.3 is 17.9 Å². The van der Waals surface area contributed by atoms with Gasteiger partial charge in [0, 0.05) is 19.3 Å². The second-order valence-electron chi connectivity index (χ2n) is 21.4. The van der Waals surface area contributed by atoms with Crippen molar-refractivity contribution in [2.75, 3.05) is 13.2 Å². The van der Waals surface area contributed by atoms with Crippen molar-refractivity contribution >= 4 is 17.9 Å². The molecule has 0 aliphatic carbocycles. The standard InChI is InChI=1S/C58H112O6/c1-52(2)44-38-32-26-21-17-13-11-9-7-8-10-12-14-19-23-29-35-41-47-56(59)62-50-55(64-58(61)49-43-37-31-25-28-34-40-46-54(5)6)51-63-57(60)48-42-36-30-24-20-16-15-18-22-27-33-39-45-53(3)4/h52-55H,7-51H2,1-6H3/t55-/m1/s1. The van der Waals surface area contributed by atoms with Crippen LogP contribution >= 0.6 is 0 Å². The molecule has 0 saturated heterocycles. The van der Waals surface area contributed by atoms with Crippen LogP contribution in [0.15, 0.2) is 0 Å². The van der Waals surface area contributed by atoms with Crippen molar-refractivity contribution in [3.8, 4) is 0 Å². The molecule has 0 aromatic carbocycles. The van der Waals surface area contributed by atoms with Crippen molar-refractivity contribution in [1.29, 1.82) is 0 Å². The first-order valence-electron chi connectivity index (χ1n) is 28.6. The lowest BCUT2D eigenvalue weighted by molar-refractivity contribution is -0.167. The third-order valence-corrected chi connectivity index (χ3v) is 13.1. The van der Waals surface area contributed by atoms with Crippen molar-refractivity contribution in [3.63, 3.8) is 0 Å². The molecular formula is C58H112O6. The lowest BCUT2D eigenvalue weighted by atomic mass is 10.0. The van der Waals surface area contributed by atoms with Gasteiger partial charge in [-0.1, -0.05) is 279 Å².